The molecule has 0 amide bonds. The fourth-order valence-electron chi connectivity index (χ4n) is 1.25. The van der Waals surface area contributed by atoms with Crippen LogP contribution in [0.2, 0.25) is 0 Å². The van der Waals surface area contributed by atoms with Crippen LogP contribution in [0.4, 0.5) is 5.69 Å². The van der Waals surface area contributed by atoms with Crippen molar-refractivity contribution in [2.75, 3.05) is 0 Å². The van der Waals surface area contributed by atoms with Gasteiger partial charge in [0, 0.05) is 11.6 Å². The second-order valence-electron chi connectivity index (χ2n) is 2.67. The van der Waals surface area contributed by atoms with Crippen molar-refractivity contribution in [1.82, 2.24) is 0 Å². The van der Waals surface area contributed by atoms with Gasteiger partial charge in [-0.3, -0.25) is 10.1 Å². The van der Waals surface area contributed by atoms with E-state index in [1.54, 1.807) is 13.0 Å². The van der Waals surface area contributed by atoms with E-state index in [2.05, 4.69) is 0 Å². The van der Waals surface area contributed by atoms with Gasteiger partial charge in [0.15, 0.2) is 0 Å². The average molecular weight is 165 g/mol. The molecule has 3 heteroatoms. The van der Waals surface area contributed by atoms with Gasteiger partial charge in [0.1, 0.15) is 0 Å². The normalized spacial score (nSPS) is 9.83. The van der Waals surface area contributed by atoms with Gasteiger partial charge in [0.2, 0.25) is 0 Å². The van der Waals surface area contributed by atoms with Crippen LogP contribution in [0.3, 0.4) is 0 Å². The van der Waals surface area contributed by atoms with E-state index in [-0.39, 0.29) is 10.6 Å². The van der Waals surface area contributed by atoms with E-state index >= 15 is 0 Å². The second-order valence-corrected chi connectivity index (χ2v) is 2.67. The summed E-state index contributed by atoms with van der Waals surface area (Å²) in [6, 6.07) is 5.18. The maximum atomic E-state index is 10.5. The Labute approximate surface area is 71.2 Å². The molecule has 0 saturated heterocycles. The van der Waals surface area contributed by atoms with Crippen molar-refractivity contribution < 1.29 is 4.92 Å². The van der Waals surface area contributed by atoms with E-state index in [0.717, 1.165) is 17.5 Å². The highest BCUT2D eigenvalue weighted by Gasteiger charge is 2.11. The first-order valence-corrected chi connectivity index (χ1v) is 3.89. The highest BCUT2D eigenvalue weighted by molar-refractivity contribution is 5.44. The van der Waals surface area contributed by atoms with Crippen LogP contribution in [0, 0.1) is 17.0 Å². The molecule has 1 aromatic rings. The number of aryl methyl sites for hydroxylation is 1. The average Bonchev–Trinajstić information content (AvgIpc) is 2.04. The summed E-state index contributed by atoms with van der Waals surface area (Å²) in [5.41, 5.74) is 2.04. The van der Waals surface area contributed by atoms with Gasteiger partial charge in [-0.2, -0.15) is 0 Å². The molecule has 0 aliphatic rings. The first kappa shape index (κ1) is 8.71. The Morgan fingerprint density at radius 2 is 2.17 bits per heavy atom. The molecule has 0 radical (unpaired) electrons. The number of rotatable bonds is 2. The topological polar surface area (TPSA) is 43.1 Å². The van der Waals surface area contributed by atoms with Crippen molar-refractivity contribution in [1.29, 1.82) is 0 Å². The van der Waals surface area contributed by atoms with E-state index in [1.807, 2.05) is 13.0 Å². The van der Waals surface area contributed by atoms with E-state index in [1.165, 1.54) is 6.07 Å². The molecule has 0 fully saturated rings. The fraction of sp³-hybridized carbons (Fsp3) is 0.333. The summed E-state index contributed by atoms with van der Waals surface area (Å²) in [6.45, 7) is 3.78. The first-order valence-electron chi connectivity index (χ1n) is 3.89. The minimum atomic E-state index is -0.339. The van der Waals surface area contributed by atoms with Gasteiger partial charge in [-0.15, -0.1) is 0 Å². The molecule has 0 heterocycles. The molecule has 0 atom stereocenters. The molecule has 0 unspecified atom stereocenters. The first-order chi connectivity index (χ1) is 5.66. The Hall–Kier alpha value is -1.38. The van der Waals surface area contributed by atoms with Crippen LogP contribution in [-0.4, -0.2) is 4.92 Å². The third-order valence-electron chi connectivity index (χ3n) is 1.99. The third kappa shape index (κ3) is 1.44. The van der Waals surface area contributed by atoms with Gasteiger partial charge in [0.25, 0.3) is 5.69 Å². The lowest BCUT2D eigenvalue weighted by Crippen LogP contribution is -1.94. The minimum Gasteiger partial charge on any atom is -0.258 e. The Morgan fingerprint density at radius 1 is 1.50 bits per heavy atom. The molecule has 64 valence electrons. The molecule has 0 saturated carbocycles. The fourth-order valence-corrected chi connectivity index (χ4v) is 1.25. The quantitative estimate of drug-likeness (QED) is 0.499. The summed E-state index contributed by atoms with van der Waals surface area (Å²) in [5, 5.41) is 10.5. The summed E-state index contributed by atoms with van der Waals surface area (Å²) >= 11 is 0. The lowest BCUT2D eigenvalue weighted by Gasteiger charge is -2.01. The highest BCUT2D eigenvalue weighted by Crippen LogP contribution is 2.20. The van der Waals surface area contributed by atoms with Gasteiger partial charge in [0.05, 0.1) is 4.92 Å². The molecule has 0 spiro atoms. The van der Waals surface area contributed by atoms with Gasteiger partial charge in [-0.25, -0.2) is 0 Å². The summed E-state index contributed by atoms with van der Waals surface area (Å²) in [7, 11) is 0. The molecule has 1 rings (SSSR count). The molecular weight excluding hydrogens is 154 g/mol. The molecule has 0 N–H and O–H groups in total. The van der Waals surface area contributed by atoms with E-state index in [9.17, 15) is 10.1 Å². The third-order valence-corrected chi connectivity index (χ3v) is 1.99. The SMILES string of the molecule is CCc1cccc([N+](=O)[O-])c1C. The Kier molecular flexibility index (Phi) is 2.43. The predicted octanol–water partition coefficient (Wildman–Crippen LogP) is 2.47. The van der Waals surface area contributed by atoms with E-state index < -0.39 is 0 Å². The maximum Gasteiger partial charge on any atom is 0.272 e. The zero-order valence-corrected chi connectivity index (χ0v) is 7.20. The van der Waals surface area contributed by atoms with Crippen LogP contribution in [0.25, 0.3) is 0 Å². The summed E-state index contributed by atoms with van der Waals surface area (Å²) < 4.78 is 0. The second kappa shape index (κ2) is 3.34. The lowest BCUT2D eigenvalue weighted by molar-refractivity contribution is -0.385. The number of nitrogens with zero attached hydrogens (tertiary/aromatic N) is 1. The number of nitro benzene ring substituents is 1. The Balaban J connectivity index is 3.23. The lowest BCUT2D eigenvalue weighted by atomic mass is 10.1. The smallest absolute Gasteiger partial charge is 0.258 e. The maximum absolute atomic E-state index is 10.5. The summed E-state index contributed by atoms with van der Waals surface area (Å²) in [5.74, 6) is 0. The number of hydrogen-bond acceptors (Lipinski definition) is 2. The molecule has 3 nitrogen and oxygen atoms in total. The van der Waals surface area contributed by atoms with Crippen LogP contribution < -0.4 is 0 Å². The van der Waals surface area contributed by atoms with Crippen LogP contribution in [-0.2, 0) is 6.42 Å². The highest BCUT2D eigenvalue weighted by atomic mass is 16.6. The van der Waals surface area contributed by atoms with Crippen LogP contribution in [0.1, 0.15) is 18.1 Å². The largest absolute Gasteiger partial charge is 0.272 e. The predicted molar refractivity (Wildman–Crippen MR) is 47.2 cm³/mol. The summed E-state index contributed by atoms with van der Waals surface area (Å²) in [4.78, 5) is 10.2. The zero-order chi connectivity index (χ0) is 9.14. The molecule has 1 aromatic carbocycles. The van der Waals surface area contributed by atoms with Crippen molar-refractivity contribution >= 4 is 5.69 Å². The van der Waals surface area contributed by atoms with E-state index in [0.29, 0.717) is 0 Å². The van der Waals surface area contributed by atoms with Crippen molar-refractivity contribution in [3.63, 3.8) is 0 Å². The van der Waals surface area contributed by atoms with Crippen molar-refractivity contribution in [3.05, 3.63) is 39.4 Å². The summed E-state index contributed by atoms with van der Waals surface area (Å²) in [6.07, 6.45) is 0.841. The van der Waals surface area contributed by atoms with Gasteiger partial charge < -0.3 is 0 Å². The van der Waals surface area contributed by atoms with Crippen molar-refractivity contribution in [2.24, 2.45) is 0 Å². The molecule has 0 aliphatic carbocycles. The van der Waals surface area contributed by atoms with Crippen LogP contribution in [0.5, 0.6) is 0 Å². The number of nitro groups is 1. The zero-order valence-electron chi connectivity index (χ0n) is 7.20. The van der Waals surface area contributed by atoms with Gasteiger partial charge in [-0.05, 0) is 18.9 Å². The van der Waals surface area contributed by atoms with Crippen molar-refractivity contribution in [3.8, 4) is 0 Å². The van der Waals surface area contributed by atoms with Crippen LogP contribution in [0.15, 0.2) is 18.2 Å². The molecule has 12 heavy (non-hydrogen) atoms. The minimum absolute atomic E-state index is 0.217. The Bertz CT molecular complexity index is 307. The monoisotopic (exact) mass is 165 g/mol. The number of hydrogen-bond donors (Lipinski definition) is 0. The van der Waals surface area contributed by atoms with E-state index in [4.69, 9.17) is 0 Å². The van der Waals surface area contributed by atoms with Gasteiger partial charge >= 0.3 is 0 Å². The Morgan fingerprint density at radius 3 is 2.67 bits per heavy atom. The molecular formula is C9H11NO2. The van der Waals surface area contributed by atoms with Gasteiger partial charge in [-0.1, -0.05) is 19.1 Å². The number of benzene rings is 1. The van der Waals surface area contributed by atoms with Crippen molar-refractivity contribution in [2.45, 2.75) is 20.3 Å². The molecule has 0 aromatic heterocycles. The molecule has 0 bridgehead atoms. The standard InChI is InChI=1S/C9H11NO2/c1-3-8-5-4-6-9(7(8)2)10(11)12/h4-6H,3H2,1-2H3. The van der Waals surface area contributed by atoms with Crippen LogP contribution >= 0.6 is 0 Å². The molecule has 0 aliphatic heterocycles.